The molecule has 4 nitrogen and oxygen atoms in total. The minimum Gasteiger partial charge on any atom is -0.315 e. The number of hydrogen-bond acceptors (Lipinski definition) is 5. The van der Waals surface area contributed by atoms with Gasteiger partial charge in [0.05, 0.1) is 3.79 Å². The highest BCUT2D eigenvalue weighted by Crippen LogP contribution is 2.31. The van der Waals surface area contributed by atoms with Crippen molar-refractivity contribution in [2.24, 2.45) is 5.92 Å². The zero-order valence-corrected chi connectivity index (χ0v) is 15.2. The molecule has 2 N–H and O–H groups in total. The normalized spacial score (nSPS) is 13.7. The smallest absolute Gasteiger partial charge is 0.242 e. The van der Waals surface area contributed by atoms with Crippen LogP contribution >= 0.6 is 39.0 Å². The summed E-state index contributed by atoms with van der Waals surface area (Å²) in [6.45, 7) is 3.17. The van der Waals surface area contributed by atoms with Gasteiger partial charge in [-0.25, -0.2) is 13.1 Å². The first-order valence-corrected chi connectivity index (χ1v) is 10.3. The minimum absolute atomic E-state index is 0.318. The van der Waals surface area contributed by atoms with Crippen molar-refractivity contribution in [2.75, 3.05) is 25.6 Å². The third kappa shape index (κ3) is 5.35. The van der Waals surface area contributed by atoms with Crippen LogP contribution in [0.2, 0.25) is 0 Å². The van der Waals surface area contributed by atoms with Crippen molar-refractivity contribution in [3.8, 4) is 0 Å². The Hall–Kier alpha value is 0.400. The highest BCUT2D eigenvalue weighted by molar-refractivity contribution is 9.11. The van der Waals surface area contributed by atoms with Gasteiger partial charge < -0.3 is 5.32 Å². The van der Waals surface area contributed by atoms with Crippen molar-refractivity contribution >= 4 is 49.1 Å². The second kappa shape index (κ2) is 7.99. The highest BCUT2D eigenvalue weighted by atomic mass is 79.9. The number of rotatable bonds is 8. The number of halogens is 1. The molecule has 0 aromatic carbocycles. The van der Waals surface area contributed by atoms with Crippen LogP contribution in [-0.4, -0.2) is 34.0 Å². The average Bonchev–Trinajstić information content (AvgIpc) is 2.70. The standard InChI is InChI=1S/C11H19BrN2O2S3/c1-8(7-17-3)5-14-19(15,16)10-4-9(6-13-2)18-11(10)12/h4,8,13-14H,5-7H2,1-3H3. The van der Waals surface area contributed by atoms with Gasteiger partial charge in [0.1, 0.15) is 4.90 Å². The van der Waals surface area contributed by atoms with Crippen LogP contribution in [-0.2, 0) is 16.6 Å². The fourth-order valence-electron chi connectivity index (χ4n) is 1.52. The first-order valence-electron chi connectivity index (χ1n) is 5.82. The highest BCUT2D eigenvalue weighted by Gasteiger charge is 2.21. The molecule has 1 atom stereocenters. The van der Waals surface area contributed by atoms with E-state index in [0.717, 1.165) is 10.6 Å². The summed E-state index contributed by atoms with van der Waals surface area (Å²) in [5.74, 6) is 1.26. The Morgan fingerprint density at radius 3 is 2.79 bits per heavy atom. The van der Waals surface area contributed by atoms with E-state index in [4.69, 9.17) is 0 Å². The molecule has 0 saturated carbocycles. The van der Waals surface area contributed by atoms with E-state index in [0.29, 0.717) is 27.7 Å². The van der Waals surface area contributed by atoms with Crippen molar-refractivity contribution in [3.63, 3.8) is 0 Å². The van der Waals surface area contributed by atoms with Gasteiger partial charge in [0, 0.05) is 18.0 Å². The van der Waals surface area contributed by atoms with Crippen LogP contribution in [0.25, 0.3) is 0 Å². The molecule has 0 spiro atoms. The molecule has 8 heteroatoms. The van der Waals surface area contributed by atoms with Crippen LogP contribution in [0.4, 0.5) is 0 Å². The quantitative estimate of drug-likeness (QED) is 0.720. The second-order valence-electron chi connectivity index (χ2n) is 4.29. The summed E-state index contributed by atoms with van der Waals surface area (Å²) in [5.41, 5.74) is 0. The van der Waals surface area contributed by atoms with E-state index in [2.05, 4.69) is 26.0 Å². The Bertz CT molecular complexity index is 502. The summed E-state index contributed by atoms with van der Waals surface area (Å²) >= 11 is 6.49. The van der Waals surface area contributed by atoms with Crippen LogP contribution in [0, 0.1) is 5.92 Å². The number of thiophene rings is 1. The van der Waals surface area contributed by atoms with Gasteiger partial charge in [0.25, 0.3) is 0 Å². The molecule has 1 aromatic rings. The van der Waals surface area contributed by atoms with Crippen molar-refractivity contribution < 1.29 is 8.42 Å². The van der Waals surface area contributed by atoms with Crippen molar-refractivity contribution in [1.82, 2.24) is 10.0 Å². The topological polar surface area (TPSA) is 58.2 Å². The molecular formula is C11H19BrN2O2S3. The fraction of sp³-hybridized carbons (Fsp3) is 0.636. The monoisotopic (exact) mass is 386 g/mol. The molecule has 0 amide bonds. The van der Waals surface area contributed by atoms with Gasteiger partial charge in [-0.05, 0) is 47.0 Å². The first-order chi connectivity index (χ1) is 8.90. The summed E-state index contributed by atoms with van der Waals surface area (Å²) in [6, 6.07) is 1.72. The molecule has 0 fully saturated rings. The summed E-state index contributed by atoms with van der Waals surface area (Å²) in [5, 5.41) is 3.01. The predicted octanol–water partition coefficient (Wildman–Crippen LogP) is 2.51. The van der Waals surface area contributed by atoms with Gasteiger partial charge in [-0.15, -0.1) is 11.3 Å². The Morgan fingerprint density at radius 2 is 2.21 bits per heavy atom. The Morgan fingerprint density at radius 1 is 1.53 bits per heavy atom. The zero-order valence-electron chi connectivity index (χ0n) is 11.2. The van der Waals surface area contributed by atoms with Crippen LogP contribution in [0.3, 0.4) is 0 Å². The van der Waals surface area contributed by atoms with E-state index in [1.54, 1.807) is 17.8 Å². The van der Waals surface area contributed by atoms with E-state index < -0.39 is 10.0 Å². The predicted molar refractivity (Wildman–Crippen MR) is 87.5 cm³/mol. The van der Waals surface area contributed by atoms with Crippen LogP contribution in [0.1, 0.15) is 11.8 Å². The van der Waals surface area contributed by atoms with E-state index in [9.17, 15) is 8.42 Å². The van der Waals surface area contributed by atoms with E-state index in [1.165, 1.54) is 11.3 Å². The molecule has 0 aliphatic carbocycles. The lowest BCUT2D eigenvalue weighted by atomic mass is 10.2. The van der Waals surface area contributed by atoms with Gasteiger partial charge in [-0.2, -0.15) is 11.8 Å². The van der Waals surface area contributed by atoms with E-state index in [-0.39, 0.29) is 0 Å². The van der Waals surface area contributed by atoms with E-state index >= 15 is 0 Å². The third-order valence-electron chi connectivity index (χ3n) is 2.42. The maximum absolute atomic E-state index is 12.2. The SMILES string of the molecule is CNCc1cc(S(=O)(=O)NCC(C)CSC)c(Br)s1. The summed E-state index contributed by atoms with van der Waals surface area (Å²) in [4.78, 5) is 1.33. The lowest BCUT2D eigenvalue weighted by Gasteiger charge is -2.11. The maximum atomic E-state index is 12.2. The number of nitrogens with one attached hydrogen (secondary N) is 2. The first kappa shape index (κ1) is 17.5. The van der Waals surface area contributed by atoms with Crippen molar-refractivity contribution in [3.05, 3.63) is 14.7 Å². The largest absolute Gasteiger partial charge is 0.315 e. The number of hydrogen-bond donors (Lipinski definition) is 2. The molecule has 1 heterocycles. The molecule has 1 unspecified atom stereocenters. The van der Waals surface area contributed by atoms with Crippen molar-refractivity contribution in [1.29, 1.82) is 0 Å². The minimum atomic E-state index is -3.43. The molecule has 0 saturated heterocycles. The Kier molecular flexibility index (Phi) is 7.34. The molecule has 0 aliphatic rings. The lowest BCUT2D eigenvalue weighted by molar-refractivity contribution is 0.562. The average molecular weight is 387 g/mol. The van der Waals surface area contributed by atoms with Crippen LogP contribution in [0.15, 0.2) is 14.7 Å². The van der Waals surface area contributed by atoms with Gasteiger partial charge in [-0.3, -0.25) is 0 Å². The molecule has 110 valence electrons. The summed E-state index contributed by atoms with van der Waals surface area (Å²) in [7, 11) is -1.59. The van der Waals surface area contributed by atoms with Gasteiger partial charge in [0.15, 0.2) is 0 Å². The summed E-state index contributed by atoms with van der Waals surface area (Å²) < 4.78 is 27.8. The van der Waals surface area contributed by atoms with Crippen LogP contribution in [0.5, 0.6) is 0 Å². The lowest BCUT2D eigenvalue weighted by Crippen LogP contribution is -2.29. The maximum Gasteiger partial charge on any atom is 0.242 e. The molecule has 19 heavy (non-hydrogen) atoms. The Labute approximate surface area is 131 Å². The van der Waals surface area contributed by atoms with E-state index in [1.807, 2.05) is 20.2 Å². The summed E-state index contributed by atoms with van der Waals surface area (Å²) in [6.07, 6.45) is 2.02. The second-order valence-corrected chi connectivity index (χ2v) is 9.39. The molecular weight excluding hydrogens is 368 g/mol. The molecule has 1 rings (SSSR count). The molecule has 1 aromatic heterocycles. The molecule has 0 radical (unpaired) electrons. The van der Waals surface area contributed by atoms with Gasteiger partial charge >= 0.3 is 0 Å². The van der Waals surface area contributed by atoms with Crippen molar-refractivity contribution in [2.45, 2.75) is 18.4 Å². The number of thioether (sulfide) groups is 1. The Balaban J connectivity index is 2.76. The van der Waals surface area contributed by atoms with Crippen LogP contribution < -0.4 is 10.0 Å². The molecule has 0 aliphatic heterocycles. The zero-order chi connectivity index (χ0) is 14.5. The van der Waals surface area contributed by atoms with Gasteiger partial charge in [0.2, 0.25) is 10.0 Å². The van der Waals surface area contributed by atoms with Gasteiger partial charge in [-0.1, -0.05) is 6.92 Å². The fourth-order valence-corrected chi connectivity index (χ4v) is 6.06. The number of sulfonamides is 1. The molecule has 0 bridgehead atoms. The third-order valence-corrected chi connectivity index (χ3v) is 7.00.